The normalized spacial score (nSPS) is 16.4. The number of halogens is 2. The smallest absolute Gasteiger partial charge is 0.350 e. The zero-order valence-electron chi connectivity index (χ0n) is 9.71. The Morgan fingerprint density at radius 1 is 1.37 bits per heavy atom. The summed E-state index contributed by atoms with van der Waals surface area (Å²) in [6.07, 6.45) is 0.115. The van der Waals surface area contributed by atoms with Crippen molar-refractivity contribution in [1.82, 2.24) is 4.31 Å². The Balaban J connectivity index is 2.37. The van der Waals surface area contributed by atoms with Crippen molar-refractivity contribution >= 4 is 16.0 Å². The number of alkyl halides is 2. The highest BCUT2D eigenvalue weighted by molar-refractivity contribution is 7.89. The number of carbonyl (C=O) groups is 1. The van der Waals surface area contributed by atoms with E-state index in [0.717, 1.165) is 0 Å². The molecule has 1 aliphatic rings. The largest absolute Gasteiger partial charge is 0.478 e. The molecule has 0 bridgehead atoms. The number of benzene rings is 1. The van der Waals surface area contributed by atoms with Crippen LogP contribution in [0.1, 0.15) is 21.5 Å². The number of fused-ring (bicyclic) bond motifs is 1. The van der Waals surface area contributed by atoms with E-state index in [1.165, 1.54) is 12.1 Å². The van der Waals surface area contributed by atoms with Crippen molar-refractivity contribution in [3.63, 3.8) is 0 Å². The minimum Gasteiger partial charge on any atom is -0.478 e. The van der Waals surface area contributed by atoms with Crippen molar-refractivity contribution in [3.05, 3.63) is 34.9 Å². The summed E-state index contributed by atoms with van der Waals surface area (Å²) >= 11 is 0. The maximum Gasteiger partial charge on any atom is 0.350 e. The van der Waals surface area contributed by atoms with Crippen molar-refractivity contribution in [2.45, 2.75) is 18.7 Å². The lowest BCUT2D eigenvalue weighted by Gasteiger charge is -2.28. The van der Waals surface area contributed by atoms with Crippen LogP contribution in [0.4, 0.5) is 8.78 Å². The predicted molar refractivity (Wildman–Crippen MR) is 62.4 cm³/mol. The topological polar surface area (TPSA) is 74.7 Å². The van der Waals surface area contributed by atoms with Gasteiger partial charge in [-0.2, -0.15) is 13.1 Å². The molecule has 0 fully saturated rings. The molecule has 0 unspecified atom stereocenters. The molecule has 0 aromatic heterocycles. The second-order valence-corrected chi connectivity index (χ2v) is 6.04. The number of aromatic carboxylic acids is 1. The van der Waals surface area contributed by atoms with E-state index in [-0.39, 0.29) is 25.1 Å². The monoisotopic (exact) mass is 291 g/mol. The van der Waals surface area contributed by atoms with E-state index < -0.39 is 21.8 Å². The Kier molecular flexibility index (Phi) is 3.55. The molecule has 1 aromatic carbocycles. The van der Waals surface area contributed by atoms with Gasteiger partial charge in [0.05, 0.1) is 5.56 Å². The zero-order valence-corrected chi connectivity index (χ0v) is 10.5. The fourth-order valence-electron chi connectivity index (χ4n) is 2.11. The van der Waals surface area contributed by atoms with Gasteiger partial charge in [0, 0.05) is 13.1 Å². The third-order valence-corrected chi connectivity index (χ3v) is 4.53. The quantitative estimate of drug-likeness (QED) is 0.910. The highest BCUT2D eigenvalue weighted by Gasteiger charge is 2.35. The van der Waals surface area contributed by atoms with Crippen LogP contribution < -0.4 is 0 Å². The number of carboxylic acid groups (broad SMARTS) is 1. The summed E-state index contributed by atoms with van der Waals surface area (Å²) in [5.74, 6) is -4.57. The molecule has 2 rings (SSSR count). The van der Waals surface area contributed by atoms with Crippen LogP contribution >= 0.6 is 0 Å². The summed E-state index contributed by atoms with van der Waals surface area (Å²) in [5, 5.41) is 9.00. The van der Waals surface area contributed by atoms with E-state index in [9.17, 15) is 22.0 Å². The van der Waals surface area contributed by atoms with Gasteiger partial charge in [-0.3, -0.25) is 0 Å². The highest BCUT2D eigenvalue weighted by Crippen LogP contribution is 2.26. The average molecular weight is 291 g/mol. The Hall–Kier alpha value is -1.54. The maximum absolute atomic E-state index is 12.5. The lowest BCUT2D eigenvalue weighted by Crippen LogP contribution is -2.39. The number of hydrogen-bond acceptors (Lipinski definition) is 3. The first-order valence-electron chi connectivity index (χ1n) is 5.45. The van der Waals surface area contributed by atoms with Gasteiger partial charge >= 0.3 is 11.7 Å². The van der Waals surface area contributed by atoms with Gasteiger partial charge in [-0.1, -0.05) is 12.1 Å². The number of rotatable bonds is 3. The summed E-state index contributed by atoms with van der Waals surface area (Å²) in [4.78, 5) is 11.0. The summed E-state index contributed by atoms with van der Waals surface area (Å²) in [7, 11) is -4.62. The molecule has 0 spiro atoms. The molecule has 8 heteroatoms. The van der Waals surface area contributed by atoms with Gasteiger partial charge in [0.25, 0.3) is 10.0 Å². The van der Waals surface area contributed by atoms with E-state index in [0.29, 0.717) is 15.4 Å². The zero-order chi connectivity index (χ0) is 14.2. The molecule has 1 heterocycles. The maximum atomic E-state index is 12.5. The number of carboxylic acids is 1. The van der Waals surface area contributed by atoms with Crippen LogP contribution in [0, 0.1) is 0 Å². The molecule has 104 valence electrons. The molecule has 0 atom stereocenters. The third kappa shape index (κ3) is 2.45. The van der Waals surface area contributed by atoms with Crippen molar-refractivity contribution in [1.29, 1.82) is 0 Å². The van der Waals surface area contributed by atoms with Gasteiger partial charge in [-0.25, -0.2) is 13.2 Å². The summed E-state index contributed by atoms with van der Waals surface area (Å²) in [6, 6.07) is 4.44. The Morgan fingerprint density at radius 2 is 2.05 bits per heavy atom. The van der Waals surface area contributed by atoms with Crippen LogP contribution in [0.3, 0.4) is 0 Å². The van der Waals surface area contributed by atoms with Crippen LogP contribution in [0.15, 0.2) is 18.2 Å². The van der Waals surface area contributed by atoms with Crippen LogP contribution in [-0.2, 0) is 23.0 Å². The summed E-state index contributed by atoms with van der Waals surface area (Å²) < 4.78 is 48.3. The van der Waals surface area contributed by atoms with Gasteiger partial charge < -0.3 is 5.11 Å². The van der Waals surface area contributed by atoms with Crippen molar-refractivity contribution < 1.29 is 27.1 Å². The van der Waals surface area contributed by atoms with Gasteiger partial charge in [-0.15, -0.1) is 0 Å². The molecule has 0 amide bonds. The fraction of sp³-hybridized carbons (Fsp3) is 0.364. The van der Waals surface area contributed by atoms with Gasteiger partial charge in [0.1, 0.15) is 0 Å². The van der Waals surface area contributed by atoms with Gasteiger partial charge in [-0.05, 0) is 23.6 Å². The lowest BCUT2D eigenvalue weighted by molar-refractivity contribution is 0.0695. The number of sulfonamides is 1. The van der Waals surface area contributed by atoms with Crippen LogP contribution in [0.25, 0.3) is 0 Å². The van der Waals surface area contributed by atoms with Gasteiger partial charge in [0.15, 0.2) is 0 Å². The van der Waals surface area contributed by atoms with Crippen molar-refractivity contribution in [2.75, 3.05) is 6.54 Å². The van der Waals surface area contributed by atoms with Crippen LogP contribution in [0.2, 0.25) is 0 Å². The van der Waals surface area contributed by atoms with E-state index >= 15 is 0 Å². The molecule has 1 aliphatic heterocycles. The van der Waals surface area contributed by atoms with Crippen molar-refractivity contribution in [2.24, 2.45) is 0 Å². The summed E-state index contributed by atoms with van der Waals surface area (Å²) in [5.41, 5.74) is 1.05. The highest BCUT2D eigenvalue weighted by atomic mass is 32.2. The predicted octanol–water partition coefficient (Wildman–Crippen LogP) is 1.30. The lowest BCUT2D eigenvalue weighted by atomic mass is 9.95. The fourth-order valence-corrected chi connectivity index (χ4v) is 3.00. The minimum absolute atomic E-state index is 0.0894. The molecule has 0 saturated carbocycles. The Morgan fingerprint density at radius 3 is 2.63 bits per heavy atom. The standard InChI is InChI=1S/C11H11F2NO4S/c12-11(13)19(17,18)14-5-4-8-7(6-14)2-1-3-9(8)10(15)16/h1-3,11H,4-6H2,(H,15,16). The van der Waals surface area contributed by atoms with Gasteiger partial charge in [0.2, 0.25) is 0 Å². The molecule has 19 heavy (non-hydrogen) atoms. The first kappa shape index (κ1) is 13.9. The summed E-state index contributed by atoms with van der Waals surface area (Å²) in [6.45, 7) is -0.354. The molecule has 1 N–H and O–H groups in total. The Labute approximate surface area is 108 Å². The molecule has 5 nitrogen and oxygen atoms in total. The van der Waals surface area contributed by atoms with Crippen molar-refractivity contribution in [3.8, 4) is 0 Å². The molecule has 0 saturated heterocycles. The second-order valence-electron chi connectivity index (χ2n) is 4.14. The first-order chi connectivity index (χ1) is 8.84. The third-order valence-electron chi connectivity index (χ3n) is 3.05. The molecule has 0 radical (unpaired) electrons. The number of hydrogen-bond donors (Lipinski definition) is 1. The Bertz CT molecular complexity index is 615. The minimum atomic E-state index is -4.62. The van der Waals surface area contributed by atoms with Crippen LogP contribution in [-0.4, -0.2) is 36.1 Å². The first-order valence-corrected chi connectivity index (χ1v) is 6.95. The van der Waals surface area contributed by atoms with E-state index in [1.807, 2.05) is 0 Å². The van der Waals surface area contributed by atoms with E-state index in [2.05, 4.69) is 0 Å². The SMILES string of the molecule is O=C(O)c1cccc2c1CCN(S(=O)(=O)C(F)F)C2. The second kappa shape index (κ2) is 4.86. The number of nitrogens with zero attached hydrogens (tertiary/aromatic N) is 1. The van der Waals surface area contributed by atoms with Crippen LogP contribution in [0.5, 0.6) is 0 Å². The molecule has 1 aromatic rings. The van der Waals surface area contributed by atoms with E-state index in [1.54, 1.807) is 6.07 Å². The van der Waals surface area contributed by atoms with E-state index in [4.69, 9.17) is 5.11 Å². The molecular formula is C11H11F2NO4S. The molecule has 0 aliphatic carbocycles. The molecular weight excluding hydrogens is 280 g/mol. The average Bonchev–Trinajstić information content (AvgIpc) is 2.36.